The first-order valence-corrected chi connectivity index (χ1v) is 9.71. The number of hydrogen-bond acceptors (Lipinski definition) is 2. The highest BCUT2D eigenvalue weighted by atomic mass is 35.5. The first-order chi connectivity index (χ1) is 13.3. The molecule has 3 heteroatoms. The van der Waals surface area contributed by atoms with Gasteiger partial charge in [-0.2, -0.15) is 0 Å². The lowest BCUT2D eigenvalue weighted by molar-refractivity contribution is 0.422. The Balaban J connectivity index is 1.49. The maximum atomic E-state index is 6.25. The van der Waals surface area contributed by atoms with Crippen molar-refractivity contribution in [1.29, 1.82) is 0 Å². The normalized spacial score (nSPS) is 22.6. The Morgan fingerprint density at radius 1 is 0.889 bits per heavy atom. The summed E-state index contributed by atoms with van der Waals surface area (Å²) in [6, 6.07) is 24.7. The Labute approximate surface area is 164 Å². The fraction of sp³-hybridized carbons (Fsp3) is 0.167. The van der Waals surface area contributed by atoms with Crippen molar-refractivity contribution in [2.45, 2.75) is 18.4 Å². The van der Waals surface area contributed by atoms with Gasteiger partial charge in [-0.05, 0) is 65.9 Å². The third-order valence-electron chi connectivity index (χ3n) is 5.52. The number of rotatable bonds is 3. The van der Waals surface area contributed by atoms with Crippen LogP contribution in [0.3, 0.4) is 0 Å². The van der Waals surface area contributed by atoms with Crippen LogP contribution in [0.15, 0.2) is 84.9 Å². The van der Waals surface area contributed by atoms with E-state index >= 15 is 0 Å². The Hall–Kier alpha value is -2.71. The Morgan fingerprint density at radius 3 is 2.63 bits per heavy atom. The second-order valence-corrected chi connectivity index (χ2v) is 7.63. The number of ether oxygens (including phenoxy) is 1. The van der Waals surface area contributed by atoms with Gasteiger partial charge in [0, 0.05) is 16.6 Å². The number of allylic oxidation sites excluding steroid dienone is 2. The molecule has 1 aliphatic heterocycles. The molecule has 0 unspecified atom stereocenters. The van der Waals surface area contributed by atoms with Crippen LogP contribution in [0.1, 0.15) is 29.5 Å². The smallest absolute Gasteiger partial charge is 0.127 e. The number of anilines is 1. The molecular formula is C24H20ClNO. The highest BCUT2D eigenvalue weighted by Crippen LogP contribution is 2.50. The predicted octanol–water partition coefficient (Wildman–Crippen LogP) is 6.96. The van der Waals surface area contributed by atoms with Gasteiger partial charge < -0.3 is 10.1 Å². The van der Waals surface area contributed by atoms with Crippen molar-refractivity contribution in [3.8, 4) is 11.5 Å². The average Bonchev–Trinajstić information content (AvgIpc) is 3.18. The van der Waals surface area contributed by atoms with Gasteiger partial charge in [0.25, 0.3) is 0 Å². The van der Waals surface area contributed by atoms with Gasteiger partial charge in [0.05, 0.1) is 6.04 Å². The quantitative estimate of drug-likeness (QED) is 0.501. The molecule has 3 aromatic rings. The Bertz CT molecular complexity index is 998. The van der Waals surface area contributed by atoms with Crippen molar-refractivity contribution < 1.29 is 4.74 Å². The second-order valence-electron chi connectivity index (χ2n) is 7.19. The lowest BCUT2D eigenvalue weighted by Crippen LogP contribution is -2.29. The molecule has 27 heavy (non-hydrogen) atoms. The van der Waals surface area contributed by atoms with E-state index in [1.807, 2.05) is 48.5 Å². The van der Waals surface area contributed by atoms with Gasteiger partial charge in [-0.1, -0.05) is 54.1 Å². The summed E-state index contributed by atoms with van der Waals surface area (Å²) in [5, 5.41) is 4.54. The topological polar surface area (TPSA) is 21.3 Å². The molecule has 0 fully saturated rings. The van der Waals surface area contributed by atoms with Gasteiger partial charge in [0.1, 0.15) is 11.5 Å². The van der Waals surface area contributed by atoms with E-state index < -0.39 is 0 Å². The second kappa shape index (κ2) is 6.79. The van der Waals surface area contributed by atoms with Crippen molar-refractivity contribution in [3.63, 3.8) is 0 Å². The molecule has 2 nitrogen and oxygen atoms in total. The zero-order valence-electron chi connectivity index (χ0n) is 14.8. The molecule has 1 aliphatic carbocycles. The molecule has 2 aliphatic rings. The minimum atomic E-state index is 0.261. The largest absolute Gasteiger partial charge is 0.457 e. The molecule has 3 aromatic carbocycles. The third-order valence-corrected chi connectivity index (χ3v) is 5.76. The zero-order valence-corrected chi connectivity index (χ0v) is 15.6. The summed E-state index contributed by atoms with van der Waals surface area (Å²) in [4.78, 5) is 0. The van der Waals surface area contributed by atoms with Gasteiger partial charge >= 0.3 is 0 Å². The van der Waals surface area contributed by atoms with Crippen LogP contribution in [-0.2, 0) is 0 Å². The standard InChI is InChI=1S/C24H20ClNO/c25-17-7-4-6-16(14-17)24-21-11-5-10-20(21)22-15-19(12-13-23(22)26-24)27-18-8-2-1-3-9-18/h1-10,12-15,20-21,24,26H,11H2/t20-,21+,24+/m1/s1. The van der Waals surface area contributed by atoms with Crippen molar-refractivity contribution in [3.05, 3.63) is 101 Å². The van der Waals surface area contributed by atoms with E-state index in [0.717, 1.165) is 22.9 Å². The number of halogens is 1. The van der Waals surface area contributed by atoms with Crippen LogP contribution in [0, 0.1) is 5.92 Å². The molecule has 0 bridgehead atoms. The number of nitrogens with one attached hydrogen (secondary N) is 1. The van der Waals surface area contributed by atoms with E-state index in [2.05, 4.69) is 41.7 Å². The Morgan fingerprint density at radius 2 is 1.78 bits per heavy atom. The first kappa shape index (κ1) is 16.5. The lowest BCUT2D eigenvalue weighted by atomic mass is 9.77. The van der Waals surface area contributed by atoms with E-state index in [9.17, 15) is 0 Å². The molecular weight excluding hydrogens is 354 g/mol. The predicted molar refractivity (Wildman–Crippen MR) is 111 cm³/mol. The molecule has 1 N–H and O–H groups in total. The monoisotopic (exact) mass is 373 g/mol. The number of para-hydroxylation sites is 1. The summed E-state index contributed by atoms with van der Waals surface area (Å²) >= 11 is 6.25. The molecule has 3 atom stereocenters. The number of benzene rings is 3. The first-order valence-electron chi connectivity index (χ1n) is 9.33. The summed E-state index contributed by atoms with van der Waals surface area (Å²) < 4.78 is 6.05. The summed E-state index contributed by atoms with van der Waals surface area (Å²) in [7, 11) is 0. The van der Waals surface area contributed by atoms with Gasteiger partial charge in [-0.3, -0.25) is 0 Å². The maximum absolute atomic E-state index is 6.25. The van der Waals surface area contributed by atoms with Gasteiger partial charge in [0.2, 0.25) is 0 Å². The van der Waals surface area contributed by atoms with E-state index in [0.29, 0.717) is 11.8 Å². The van der Waals surface area contributed by atoms with Crippen LogP contribution in [0.4, 0.5) is 5.69 Å². The number of fused-ring (bicyclic) bond motifs is 3. The number of hydrogen-bond donors (Lipinski definition) is 1. The molecule has 0 saturated carbocycles. The van der Waals surface area contributed by atoms with Crippen molar-refractivity contribution >= 4 is 17.3 Å². The molecule has 1 heterocycles. The SMILES string of the molecule is Clc1cccc([C@@H]2Nc3ccc(Oc4ccccc4)cc3[C@@H]3C=CC[C@@H]32)c1. The molecule has 0 radical (unpaired) electrons. The van der Waals surface area contributed by atoms with Crippen molar-refractivity contribution in [1.82, 2.24) is 0 Å². The van der Waals surface area contributed by atoms with Crippen molar-refractivity contribution in [2.75, 3.05) is 5.32 Å². The summed E-state index contributed by atoms with van der Waals surface area (Å²) in [6.45, 7) is 0. The summed E-state index contributed by atoms with van der Waals surface area (Å²) in [5.74, 6) is 2.62. The van der Waals surface area contributed by atoms with Crippen LogP contribution >= 0.6 is 11.6 Å². The molecule has 0 amide bonds. The van der Waals surface area contributed by atoms with Crippen LogP contribution in [0.5, 0.6) is 11.5 Å². The minimum absolute atomic E-state index is 0.261. The van der Waals surface area contributed by atoms with Gasteiger partial charge in [0.15, 0.2) is 0 Å². The minimum Gasteiger partial charge on any atom is -0.457 e. The van der Waals surface area contributed by atoms with E-state index in [1.165, 1.54) is 16.8 Å². The molecule has 0 saturated heterocycles. The third kappa shape index (κ3) is 3.11. The summed E-state index contributed by atoms with van der Waals surface area (Å²) in [6.07, 6.45) is 5.71. The maximum Gasteiger partial charge on any atom is 0.127 e. The summed E-state index contributed by atoms with van der Waals surface area (Å²) in [5.41, 5.74) is 3.73. The highest BCUT2D eigenvalue weighted by Gasteiger charge is 2.38. The van der Waals surface area contributed by atoms with E-state index in [1.54, 1.807) is 0 Å². The van der Waals surface area contributed by atoms with Crippen molar-refractivity contribution in [2.24, 2.45) is 5.92 Å². The fourth-order valence-corrected chi connectivity index (χ4v) is 4.49. The van der Waals surface area contributed by atoms with Crippen LogP contribution < -0.4 is 10.1 Å². The fourth-order valence-electron chi connectivity index (χ4n) is 4.29. The van der Waals surface area contributed by atoms with Gasteiger partial charge in [-0.25, -0.2) is 0 Å². The molecule has 134 valence electrons. The molecule has 0 spiro atoms. The average molecular weight is 374 g/mol. The lowest BCUT2D eigenvalue weighted by Gasteiger charge is -2.37. The van der Waals surface area contributed by atoms with E-state index in [4.69, 9.17) is 16.3 Å². The van der Waals surface area contributed by atoms with Gasteiger partial charge in [-0.15, -0.1) is 0 Å². The van der Waals surface area contributed by atoms with Crippen LogP contribution in [-0.4, -0.2) is 0 Å². The highest BCUT2D eigenvalue weighted by molar-refractivity contribution is 6.30. The Kier molecular flexibility index (Phi) is 4.14. The molecule has 0 aromatic heterocycles. The molecule has 5 rings (SSSR count). The van der Waals surface area contributed by atoms with E-state index in [-0.39, 0.29) is 6.04 Å². The van der Waals surface area contributed by atoms with Crippen LogP contribution in [0.2, 0.25) is 5.02 Å². The van der Waals surface area contributed by atoms with Crippen LogP contribution in [0.25, 0.3) is 0 Å². The zero-order chi connectivity index (χ0) is 18.2.